The fourth-order valence-corrected chi connectivity index (χ4v) is 8.70. The van der Waals surface area contributed by atoms with Gasteiger partial charge in [0.2, 0.25) is 0 Å². The van der Waals surface area contributed by atoms with E-state index in [1.54, 1.807) is 4.90 Å². The molecule has 3 aromatic heterocycles. The van der Waals surface area contributed by atoms with Crippen LogP contribution in [0, 0.1) is 39.5 Å². The van der Waals surface area contributed by atoms with Gasteiger partial charge in [-0.3, -0.25) is 0 Å². The van der Waals surface area contributed by atoms with E-state index in [2.05, 4.69) is 71.1 Å². The fraction of sp³-hybridized carbons (Fsp3) is 0.0526. The van der Waals surface area contributed by atoms with Crippen LogP contribution in [0.3, 0.4) is 0 Å². The van der Waals surface area contributed by atoms with Gasteiger partial charge in [-0.1, -0.05) is 149 Å². The molecule has 8 aromatic carbocycles. The molecule has 4 heterocycles. The number of hydrogen-bond acceptors (Lipinski definition) is 3. The molecule has 0 aliphatic carbocycles. The Morgan fingerprint density at radius 3 is 2.22 bits per heavy atom. The Balaban J connectivity index is 0.00000645. The molecule has 0 fully saturated rings. The van der Waals surface area contributed by atoms with Gasteiger partial charge in [-0.25, -0.2) is 4.98 Å². The summed E-state index contributed by atoms with van der Waals surface area (Å²) in [6, 6.07) is 30.5. The average Bonchev–Trinajstić information content (AvgIpc) is 3.86. The maximum absolute atomic E-state index is 9.36. The first-order chi connectivity index (χ1) is 36.7. The van der Waals surface area contributed by atoms with Crippen LogP contribution in [0.15, 0.2) is 176 Å². The minimum absolute atomic E-state index is 0. The molecular formula is C57H39N4OPt-3. The Morgan fingerprint density at radius 1 is 0.619 bits per heavy atom. The van der Waals surface area contributed by atoms with Crippen molar-refractivity contribution < 1.29 is 46.4 Å². The number of pyridine rings is 1. The minimum Gasteiger partial charge on any atom is -0.509 e. The molecule has 0 bridgehead atoms. The van der Waals surface area contributed by atoms with Crippen LogP contribution in [0.4, 0.5) is 11.4 Å². The van der Waals surface area contributed by atoms with Gasteiger partial charge in [-0.15, -0.1) is 35.7 Å². The second-order valence-electron chi connectivity index (χ2n) is 15.1. The Hall–Kier alpha value is -7.33. The number of para-hydroxylation sites is 3. The number of benzene rings is 8. The van der Waals surface area contributed by atoms with Crippen molar-refractivity contribution in [1.82, 2.24) is 14.1 Å². The van der Waals surface area contributed by atoms with Crippen molar-refractivity contribution >= 4 is 76.5 Å². The van der Waals surface area contributed by atoms with Crippen LogP contribution in [-0.2, 0) is 21.1 Å². The molecule has 0 radical (unpaired) electrons. The Kier molecular flexibility index (Phi) is 6.18. The van der Waals surface area contributed by atoms with E-state index in [-0.39, 0.29) is 77.5 Å². The van der Waals surface area contributed by atoms with Gasteiger partial charge >= 0.3 is 0 Å². The van der Waals surface area contributed by atoms with Crippen molar-refractivity contribution in [2.75, 3.05) is 4.90 Å². The molecule has 0 saturated carbocycles. The quantitative estimate of drug-likeness (QED) is 0.161. The molecule has 0 N–H and O–H groups in total. The van der Waals surface area contributed by atoms with Crippen molar-refractivity contribution in [3.05, 3.63) is 211 Å². The largest absolute Gasteiger partial charge is 0.509 e. The summed E-state index contributed by atoms with van der Waals surface area (Å²) >= 11 is 0. The Bertz CT molecular complexity index is 4500. The number of nitrogens with zero attached hydrogens (tertiary/aromatic N) is 4. The maximum Gasteiger partial charge on any atom is 0.135 e. The van der Waals surface area contributed by atoms with E-state index in [0.717, 1.165) is 66.7 Å². The number of aryl methyl sites for hydroxylation is 3. The molecule has 0 atom stereocenters. The van der Waals surface area contributed by atoms with Crippen molar-refractivity contribution in [3.8, 4) is 28.4 Å². The van der Waals surface area contributed by atoms with Crippen LogP contribution in [0.25, 0.3) is 82.1 Å². The first-order valence-electron chi connectivity index (χ1n) is 27.3. The van der Waals surface area contributed by atoms with Gasteiger partial charge in [0.1, 0.15) is 5.82 Å². The van der Waals surface area contributed by atoms with Crippen molar-refractivity contribution in [1.29, 1.82) is 0 Å². The summed E-state index contributed by atoms with van der Waals surface area (Å²) in [7, 11) is 0. The number of anilines is 2. The van der Waals surface area contributed by atoms with Gasteiger partial charge in [0.25, 0.3) is 0 Å². The van der Waals surface area contributed by atoms with Crippen molar-refractivity contribution in [3.63, 3.8) is 0 Å². The third-order valence-corrected chi connectivity index (χ3v) is 11.4. The van der Waals surface area contributed by atoms with Crippen LogP contribution in [0.1, 0.15) is 37.3 Å². The molecule has 1 aliphatic heterocycles. The zero-order valence-electron chi connectivity index (χ0n) is 48.4. The topological polar surface area (TPSA) is 35.2 Å². The first-order valence-corrected chi connectivity index (χ1v) is 19.8. The molecule has 12 rings (SSSR count). The van der Waals surface area contributed by atoms with Gasteiger partial charge in [0, 0.05) is 61.0 Å². The molecule has 6 heteroatoms. The van der Waals surface area contributed by atoms with Crippen molar-refractivity contribution in [2.45, 2.75) is 20.7 Å². The molecule has 1 aliphatic rings. The predicted octanol–water partition coefficient (Wildman–Crippen LogP) is 14.8. The number of hydrogen-bond donors (Lipinski definition) is 0. The van der Waals surface area contributed by atoms with Crippen LogP contribution in [0.2, 0.25) is 0 Å². The summed E-state index contributed by atoms with van der Waals surface area (Å²) in [6.07, 6.45) is 1.05. The standard InChI is InChI=1S/C57H39N4O.Pt/c1-36-26-28-45-43-19-7-8-20-44(43)48-23-13-25-53-57(48)60(56-37(2)14-11-22-49(56)50(45)30-36)35-59(53)40-17-12-18-41(32-40)62-42-27-29-47-46-21-9-10-24-52(46)61(54(47)33-42)55-31-38(3)51(34-58-55)39-15-5-4-6-16-39;/h4-31,34-35H,1-3H3;/q-3;/i3D3,4D,5D,6D,9D,10D,12D,15D,16D,17D,18D,21D,24D;. The molecule has 306 valence electrons. The summed E-state index contributed by atoms with van der Waals surface area (Å²) in [6.45, 7) is 3.00. The predicted molar refractivity (Wildman–Crippen MR) is 256 cm³/mol. The molecule has 63 heavy (non-hydrogen) atoms. The molecule has 0 amide bonds. The van der Waals surface area contributed by atoms with E-state index in [4.69, 9.17) is 23.9 Å². The second kappa shape index (κ2) is 15.2. The molecule has 0 spiro atoms. The summed E-state index contributed by atoms with van der Waals surface area (Å²) < 4.78 is 140. The second-order valence-corrected chi connectivity index (χ2v) is 15.1. The van der Waals surface area contributed by atoms with E-state index in [9.17, 15) is 1.37 Å². The summed E-state index contributed by atoms with van der Waals surface area (Å²) in [5, 5.41) is 6.27. The maximum atomic E-state index is 9.36. The first kappa shape index (κ1) is 25.6. The van der Waals surface area contributed by atoms with Gasteiger partial charge < -0.3 is 18.8 Å². The Labute approximate surface area is 401 Å². The summed E-state index contributed by atoms with van der Waals surface area (Å²) in [5.41, 5.74) is 3.34. The van der Waals surface area contributed by atoms with Gasteiger partial charge in [-0.05, 0) is 103 Å². The third kappa shape index (κ3) is 6.26. The molecule has 0 unspecified atom stereocenters. The fourth-order valence-electron chi connectivity index (χ4n) is 8.70. The molecular weight excluding hydrogens is 952 g/mol. The van der Waals surface area contributed by atoms with Crippen LogP contribution in [0.5, 0.6) is 11.5 Å². The number of fused-ring (bicyclic) bond motifs is 10. The smallest absolute Gasteiger partial charge is 0.135 e. The zero-order chi connectivity index (χ0) is 54.4. The normalized spacial score (nSPS) is 15.6. The van der Waals surface area contributed by atoms with E-state index in [0.29, 0.717) is 5.69 Å². The zero-order valence-corrected chi connectivity index (χ0v) is 35.7. The third-order valence-electron chi connectivity index (χ3n) is 11.4. The monoisotopic (exact) mass is 1010 g/mol. The van der Waals surface area contributed by atoms with E-state index in [1.807, 2.05) is 50.0 Å². The van der Waals surface area contributed by atoms with Crippen molar-refractivity contribution in [2.24, 2.45) is 0 Å². The molecule has 11 aromatic rings. The van der Waals surface area contributed by atoms with E-state index < -0.39 is 84.4 Å². The summed E-state index contributed by atoms with van der Waals surface area (Å²) in [4.78, 5) is 6.30. The van der Waals surface area contributed by atoms with Gasteiger partial charge in [-0.2, -0.15) is 12.1 Å². The van der Waals surface area contributed by atoms with Gasteiger partial charge in [0.05, 0.1) is 12.3 Å². The van der Waals surface area contributed by atoms with Gasteiger partial charge in [0.15, 0.2) is 0 Å². The Morgan fingerprint density at radius 2 is 1.37 bits per heavy atom. The minimum atomic E-state index is -2.97. The average molecular weight is 1010 g/mol. The number of aromatic nitrogens is 3. The summed E-state index contributed by atoms with van der Waals surface area (Å²) in [5.74, 6) is -0.521. The number of rotatable bonds is 5. The van der Waals surface area contributed by atoms with Crippen LogP contribution < -0.4 is 9.64 Å². The SMILES string of the molecule is [2H]c1c(Oc2[c-]c3c(cc2)c2c([2H])c([2H])c([2H])c([2H])c2n3-c2cc(C([2H])([2H])[2H])c(-c3c([2H])c([2H])c([2H])c([2H])c3[2H])cn2)[c-]c(N2[CH-]n3c4c(C)cccc4c4cc(C)ccc4c4ccccc4c4cccc2c43)c([2H])c1[2H].[Pt]. The van der Waals surface area contributed by atoms with E-state index >= 15 is 0 Å². The van der Waals surface area contributed by atoms with Crippen LogP contribution >= 0.6 is 0 Å². The molecule has 5 nitrogen and oxygen atoms in total. The van der Waals surface area contributed by atoms with Crippen LogP contribution in [-0.4, -0.2) is 14.1 Å². The number of ether oxygens (including phenoxy) is 1. The van der Waals surface area contributed by atoms with E-state index in [1.165, 1.54) is 16.7 Å². The molecule has 0 saturated heterocycles.